The molecule has 1 fully saturated rings. The molecule has 4 N–H and O–H groups in total. The van der Waals surface area contributed by atoms with Crippen LogP contribution in [0.5, 0.6) is 0 Å². The van der Waals surface area contributed by atoms with Crippen LogP contribution in [-0.2, 0) is 4.79 Å². The first-order valence-electron chi connectivity index (χ1n) is 9.81. The summed E-state index contributed by atoms with van der Waals surface area (Å²) in [5.74, 6) is -0.492. The number of anilines is 1. The second-order valence-corrected chi connectivity index (χ2v) is 7.97. The number of aromatic amines is 1. The molecule has 8 nitrogen and oxygen atoms in total. The molecule has 11 heteroatoms. The Kier molecular flexibility index (Phi) is 7.30. The number of aliphatic hydroxyl groups is 1. The Bertz CT molecular complexity index is 1080. The quantitative estimate of drug-likeness (QED) is 0.455. The summed E-state index contributed by atoms with van der Waals surface area (Å²) < 4.78 is 14.4. The minimum absolute atomic E-state index is 0. The molecule has 1 saturated carbocycles. The highest BCUT2D eigenvalue weighted by Gasteiger charge is 2.25. The summed E-state index contributed by atoms with van der Waals surface area (Å²) in [7, 11) is 0. The van der Waals surface area contributed by atoms with Gasteiger partial charge >= 0.3 is 0 Å². The van der Waals surface area contributed by atoms with Gasteiger partial charge in [0.05, 0.1) is 11.2 Å². The third kappa shape index (κ3) is 5.23. The number of rotatable bonds is 5. The van der Waals surface area contributed by atoms with Crippen molar-refractivity contribution in [2.45, 2.75) is 50.8 Å². The van der Waals surface area contributed by atoms with Gasteiger partial charge in [-0.3, -0.25) is 4.79 Å². The molecule has 0 bridgehead atoms. The molecular formula is C20H23Cl2FN6O2. The van der Waals surface area contributed by atoms with E-state index in [2.05, 4.69) is 30.6 Å². The summed E-state index contributed by atoms with van der Waals surface area (Å²) >= 11 is 6.05. The lowest BCUT2D eigenvalue weighted by molar-refractivity contribution is -0.129. The van der Waals surface area contributed by atoms with E-state index in [9.17, 15) is 14.3 Å². The normalized spacial score (nSPS) is 19.5. The number of nitrogens with one attached hydrogen (secondary N) is 3. The lowest BCUT2D eigenvalue weighted by Crippen LogP contribution is -2.45. The van der Waals surface area contributed by atoms with E-state index in [1.165, 1.54) is 6.92 Å². The zero-order valence-corrected chi connectivity index (χ0v) is 18.3. The van der Waals surface area contributed by atoms with Crippen LogP contribution >= 0.6 is 24.0 Å². The second-order valence-electron chi connectivity index (χ2n) is 7.53. The number of pyridine rings is 1. The lowest BCUT2D eigenvalue weighted by Gasteiger charge is -2.31. The fraction of sp³-hybridized carbons (Fsp3) is 0.400. The van der Waals surface area contributed by atoms with Crippen molar-refractivity contribution in [1.82, 2.24) is 25.3 Å². The van der Waals surface area contributed by atoms with E-state index in [1.54, 1.807) is 18.5 Å². The van der Waals surface area contributed by atoms with Gasteiger partial charge in [-0.15, -0.1) is 12.4 Å². The Balaban J connectivity index is 0.00000272. The number of nitrogens with zero attached hydrogens (tertiary/aromatic N) is 3. The molecule has 1 unspecified atom stereocenters. The molecule has 3 aromatic rings. The fourth-order valence-corrected chi connectivity index (χ4v) is 3.89. The van der Waals surface area contributed by atoms with E-state index >= 15 is 0 Å². The van der Waals surface area contributed by atoms with Crippen molar-refractivity contribution in [3.8, 4) is 11.4 Å². The molecule has 0 saturated heterocycles. The van der Waals surface area contributed by atoms with Crippen LogP contribution in [0.25, 0.3) is 22.4 Å². The van der Waals surface area contributed by atoms with E-state index in [1.807, 2.05) is 0 Å². The molecule has 1 aliphatic carbocycles. The lowest BCUT2D eigenvalue weighted by atomic mass is 9.91. The van der Waals surface area contributed by atoms with Crippen LogP contribution in [0.3, 0.4) is 0 Å². The van der Waals surface area contributed by atoms with Gasteiger partial charge in [0.1, 0.15) is 11.8 Å². The average molecular weight is 469 g/mol. The van der Waals surface area contributed by atoms with E-state index < -0.39 is 17.8 Å². The number of carbonyl (C=O) groups excluding carboxylic acids is 1. The highest BCUT2D eigenvalue weighted by molar-refractivity contribution is 6.31. The minimum Gasteiger partial charge on any atom is -0.384 e. The molecule has 0 radical (unpaired) electrons. The molecule has 4 rings (SSSR count). The zero-order chi connectivity index (χ0) is 21.3. The van der Waals surface area contributed by atoms with Gasteiger partial charge in [0.2, 0.25) is 5.91 Å². The largest absolute Gasteiger partial charge is 0.384 e. The Labute approximate surface area is 189 Å². The number of halogens is 3. The first-order valence-corrected chi connectivity index (χ1v) is 10.2. The molecule has 0 spiro atoms. The first kappa shape index (κ1) is 23.2. The highest BCUT2D eigenvalue weighted by atomic mass is 35.5. The van der Waals surface area contributed by atoms with E-state index in [-0.39, 0.29) is 30.3 Å². The van der Waals surface area contributed by atoms with Crippen molar-refractivity contribution < 1.29 is 14.3 Å². The topological polar surface area (TPSA) is 116 Å². The van der Waals surface area contributed by atoms with Crippen LogP contribution in [-0.4, -0.2) is 49.1 Å². The van der Waals surface area contributed by atoms with E-state index in [0.717, 1.165) is 30.8 Å². The summed E-state index contributed by atoms with van der Waals surface area (Å²) in [6.45, 7) is 1.43. The van der Waals surface area contributed by atoms with Crippen molar-refractivity contribution in [2.24, 2.45) is 0 Å². The number of hydrogen-bond acceptors (Lipinski definition) is 6. The van der Waals surface area contributed by atoms with Crippen molar-refractivity contribution in [2.75, 3.05) is 5.32 Å². The highest BCUT2D eigenvalue weighted by Crippen LogP contribution is 2.29. The Morgan fingerprint density at radius 3 is 2.87 bits per heavy atom. The van der Waals surface area contributed by atoms with Gasteiger partial charge in [0, 0.05) is 35.4 Å². The number of aliphatic hydroxyl groups excluding tert-OH is 1. The van der Waals surface area contributed by atoms with Crippen molar-refractivity contribution in [3.05, 3.63) is 35.5 Å². The van der Waals surface area contributed by atoms with Crippen molar-refractivity contribution in [1.29, 1.82) is 0 Å². The maximum atomic E-state index is 14.4. The van der Waals surface area contributed by atoms with Crippen LogP contribution in [0.2, 0.25) is 5.02 Å². The van der Waals surface area contributed by atoms with Gasteiger partial charge in [0.15, 0.2) is 17.5 Å². The summed E-state index contributed by atoms with van der Waals surface area (Å²) in [4.78, 5) is 27.5. The summed E-state index contributed by atoms with van der Waals surface area (Å²) in [6.07, 6.45) is 6.46. The maximum Gasteiger partial charge on any atom is 0.248 e. The number of fused-ring (bicyclic) bond motifs is 1. The third-order valence-electron chi connectivity index (χ3n) is 5.22. The Hall–Kier alpha value is -2.49. The molecule has 3 heterocycles. The van der Waals surface area contributed by atoms with Crippen molar-refractivity contribution in [3.63, 3.8) is 0 Å². The van der Waals surface area contributed by atoms with Crippen LogP contribution in [0.15, 0.2) is 24.7 Å². The predicted molar refractivity (Wildman–Crippen MR) is 119 cm³/mol. The van der Waals surface area contributed by atoms with Crippen LogP contribution in [0.1, 0.15) is 32.6 Å². The van der Waals surface area contributed by atoms with Crippen LogP contribution in [0, 0.1) is 5.82 Å². The predicted octanol–water partition coefficient (Wildman–Crippen LogP) is 3.45. The molecule has 31 heavy (non-hydrogen) atoms. The van der Waals surface area contributed by atoms with Crippen LogP contribution in [0.4, 0.5) is 10.2 Å². The molecule has 3 aromatic heterocycles. The molecular weight excluding hydrogens is 446 g/mol. The van der Waals surface area contributed by atoms with Gasteiger partial charge < -0.3 is 20.7 Å². The third-order valence-corrected chi connectivity index (χ3v) is 5.43. The SMILES string of the molecule is CC(O)C(=O)N[C@@H]1CCC[C@H](Nc2nc(-c3c[nH]c4ncc(Cl)cc34)ncc2F)C1.Cl. The Morgan fingerprint density at radius 1 is 1.32 bits per heavy atom. The van der Waals surface area contributed by atoms with Gasteiger partial charge in [-0.25, -0.2) is 19.3 Å². The molecule has 1 amide bonds. The first-order chi connectivity index (χ1) is 14.4. The monoisotopic (exact) mass is 468 g/mol. The molecule has 1 aliphatic rings. The number of amides is 1. The molecule has 0 aromatic carbocycles. The van der Waals surface area contributed by atoms with Gasteiger partial charge in [0.25, 0.3) is 0 Å². The van der Waals surface area contributed by atoms with Gasteiger partial charge in [-0.05, 0) is 38.7 Å². The number of aromatic nitrogens is 4. The number of carbonyl (C=O) groups is 1. The summed E-state index contributed by atoms with van der Waals surface area (Å²) in [5, 5.41) is 16.6. The molecule has 3 atom stereocenters. The smallest absolute Gasteiger partial charge is 0.248 e. The average Bonchev–Trinajstić information content (AvgIpc) is 3.13. The second kappa shape index (κ2) is 9.76. The van der Waals surface area contributed by atoms with E-state index in [0.29, 0.717) is 28.5 Å². The van der Waals surface area contributed by atoms with Crippen molar-refractivity contribution >= 4 is 46.8 Å². The minimum atomic E-state index is -1.06. The maximum absolute atomic E-state index is 14.4. The van der Waals surface area contributed by atoms with E-state index in [4.69, 9.17) is 11.6 Å². The van der Waals surface area contributed by atoms with Gasteiger partial charge in [-0.2, -0.15) is 0 Å². The zero-order valence-electron chi connectivity index (χ0n) is 16.7. The Morgan fingerprint density at radius 2 is 2.10 bits per heavy atom. The van der Waals surface area contributed by atoms with Gasteiger partial charge in [-0.1, -0.05) is 11.6 Å². The molecule has 166 valence electrons. The molecule has 0 aliphatic heterocycles. The fourth-order valence-electron chi connectivity index (χ4n) is 3.73. The number of hydrogen-bond donors (Lipinski definition) is 4. The summed E-state index contributed by atoms with van der Waals surface area (Å²) in [6, 6.07) is 1.62. The standard InChI is InChI=1S/C20H22ClFN6O2.ClH/c1-10(29)20(30)27-13-4-2-3-12(6-13)26-19-16(22)9-25-18(28-19)15-8-24-17-14(15)5-11(21)7-23-17;/h5,7-10,12-13,29H,2-4,6H2,1H3,(H,23,24)(H,27,30)(H,25,26,28);1H/t10?,12-,13+;/m0./s1. The summed E-state index contributed by atoms with van der Waals surface area (Å²) in [5.41, 5.74) is 1.31. The number of H-pyrrole nitrogens is 1. The van der Waals surface area contributed by atoms with Crippen LogP contribution < -0.4 is 10.6 Å².